The third kappa shape index (κ3) is 3.49. The van der Waals surface area contributed by atoms with E-state index in [0.29, 0.717) is 5.69 Å². The van der Waals surface area contributed by atoms with Crippen LogP contribution in [0.3, 0.4) is 0 Å². The van der Waals surface area contributed by atoms with Crippen molar-refractivity contribution in [1.82, 2.24) is 4.57 Å². The Morgan fingerprint density at radius 2 is 2.04 bits per heavy atom. The van der Waals surface area contributed by atoms with Crippen LogP contribution in [0.1, 0.15) is 23.7 Å². The highest BCUT2D eigenvalue weighted by Gasteiger charge is 2.20. The molecule has 2 aromatic carbocycles. The number of carbonyl (C=O) groups is 1. The fourth-order valence-corrected chi connectivity index (χ4v) is 2.93. The van der Waals surface area contributed by atoms with Gasteiger partial charge in [0.15, 0.2) is 0 Å². The minimum atomic E-state index is -0.598. The number of nitrogens with one attached hydrogen (secondary N) is 1. The third-order valence-electron chi connectivity index (χ3n) is 3.89. The van der Waals surface area contributed by atoms with E-state index >= 15 is 0 Å². The molecule has 128 valence electrons. The molecule has 0 bridgehead atoms. The number of halogens is 1. The van der Waals surface area contributed by atoms with E-state index in [1.54, 1.807) is 6.07 Å². The Bertz CT molecular complexity index is 965. The zero-order valence-electron chi connectivity index (χ0n) is 13.5. The van der Waals surface area contributed by atoms with Gasteiger partial charge < -0.3 is 9.88 Å². The van der Waals surface area contributed by atoms with Gasteiger partial charge in [-0.2, -0.15) is 0 Å². The Labute approximate surface area is 149 Å². The molecule has 0 unspecified atom stereocenters. The zero-order valence-corrected chi connectivity index (χ0v) is 14.3. The summed E-state index contributed by atoms with van der Waals surface area (Å²) < 4.78 is 2.14. The molecule has 7 heteroatoms. The van der Waals surface area contributed by atoms with Crippen LogP contribution in [0.15, 0.2) is 48.7 Å². The lowest BCUT2D eigenvalue weighted by atomic mass is 10.1. The Morgan fingerprint density at radius 3 is 2.76 bits per heavy atom. The zero-order chi connectivity index (χ0) is 18.0. The summed E-state index contributed by atoms with van der Waals surface area (Å²) in [6.07, 6.45) is 3.03. The van der Waals surface area contributed by atoms with Gasteiger partial charge in [-0.3, -0.25) is 14.9 Å². The molecule has 0 spiro atoms. The number of aryl methyl sites for hydroxylation is 1. The molecule has 3 aromatic rings. The van der Waals surface area contributed by atoms with Crippen molar-refractivity contribution in [2.24, 2.45) is 0 Å². The molecule has 1 heterocycles. The first-order valence-corrected chi connectivity index (χ1v) is 8.21. The van der Waals surface area contributed by atoms with Crippen LogP contribution in [0.4, 0.5) is 11.4 Å². The van der Waals surface area contributed by atoms with Crippen molar-refractivity contribution in [2.75, 3.05) is 5.32 Å². The van der Waals surface area contributed by atoms with Crippen molar-refractivity contribution >= 4 is 39.8 Å². The maximum Gasteiger partial charge on any atom is 0.282 e. The number of hydrogen-bond donors (Lipinski definition) is 1. The summed E-state index contributed by atoms with van der Waals surface area (Å²) in [6.45, 7) is 3.03. The van der Waals surface area contributed by atoms with Gasteiger partial charge in [-0.25, -0.2) is 0 Å². The largest absolute Gasteiger partial charge is 0.347 e. The molecule has 3 rings (SSSR count). The highest BCUT2D eigenvalue weighted by molar-refractivity contribution is 6.31. The van der Waals surface area contributed by atoms with E-state index in [1.807, 2.05) is 24.4 Å². The molecule has 0 saturated heterocycles. The molecule has 0 aliphatic rings. The molecule has 25 heavy (non-hydrogen) atoms. The third-order valence-corrected chi connectivity index (χ3v) is 4.13. The quantitative estimate of drug-likeness (QED) is 0.523. The van der Waals surface area contributed by atoms with Gasteiger partial charge in [0.05, 0.1) is 4.92 Å². The summed E-state index contributed by atoms with van der Waals surface area (Å²) >= 11 is 5.87. The van der Waals surface area contributed by atoms with Gasteiger partial charge >= 0.3 is 0 Å². The van der Waals surface area contributed by atoms with E-state index in [1.165, 1.54) is 18.2 Å². The highest BCUT2D eigenvalue weighted by Crippen LogP contribution is 2.25. The van der Waals surface area contributed by atoms with E-state index in [-0.39, 0.29) is 16.3 Å². The number of anilines is 1. The minimum Gasteiger partial charge on any atom is -0.347 e. The van der Waals surface area contributed by atoms with E-state index in [4.69, 9.17) is 11.6 Å². The summed E-state index contributed by atoms with van der Waals surface area (Å²) in [5, 5.41) is 15.1. The minimum absolute atomic E-state index is 0.0684. The second-order valence-corrected chi connectivity index (χ2v) is 6.09. The average molecular weight is 358 g/mol. The Kier molecular flexibility index (Phi) is 4.72. The van der Waals surface area contributed by atoms with Crippen molar-refractivity contribution in [3.8, 4) is 0 Å². The van der Waals surface area contributed by atoms with E-state index in [2.05, 4.69) is 16.8 Å². The first-order valence-electron chi connectivity index (χ1n) is 7.84. The van der Waals surface area contributed by atoms with E-state index in [9.17, 15) is 14.9 Å². The van der Waals surface area contributed by atoms with Crippen LogP contribution in [-0.4, -0.2) is 15.4 Å². The second kappa shape index (κ2) is 6.94. The Morgan fingerprint density at radius 1 is 1.24 bits per heavy atom. The molecule has 1 N–H and O–H groups in total. The number of aromatic nitrogens is 1. The monoisotopic (exact) mass is 357 g/mol. The SMILES string of the molecule is CCCn1ccc2cc(NC(=O)c3cc(Cl)ccc3[N+](=O)[O-])ccc21. The molecule has 1 amide bonds. The van der Waals surface area contributed by atoms with Crippen LogP contribution in [0, 0.1) is 10.1 Å². The normalized spacial score (nSPS) is 10.8. The molecular weight excluding hydrogens is 342 g/mol. The number of nitrogens with zero attached hydrogens (tertiary/aromatic N) is 2. The number of nitro benzene ring substituents is 1. The molecule has 0 fully saturated rings. The van der Waals surface area contributed by atoms with Crippen LogP contribution in [-0.2, 0) is 6.54 Å². The summed E-state index contributed by atoms with van der Waals surface area (Å²) in [6, 6.07) is 11.4. The predicted octanol–water partition coefficient (Wildman–Crippen LogP) is 4.87. The Hall–Kier alpha value is -2.86. The lowest BCUT2D eigenvalue weighted by Gasteiger charge is -2.08. The number of fused-ring (bicyclic) bond motifs is 1. The first-order chi connectivity index (χ1) is 12.0. The topological polar surface area (TPSA) is 77.2 Å². The van der Waals surface area contributed by atoms with Crippen molar-refractivity contribution in [3.05, 3.63) is 69.4 Å². The molecule has 6 nitrogen and oxygen atoms in total. The number of nitro groups is 1. The van der Waals surface area contributed by atoms with Crippen molar-refractivity contribution in [2.45, 2.75) is 19.9 Å². The van der Waals surface area contributed by atoms with Crippen LogP contribution >= 0.6 is 11.6 Å². The van der Waals surface area contributed by atoms with Gasteiger partial charge in [-0.15, -0.1) is 0 Å². The van der Waals surface area contributed by atoms with Crippen LogP contribution < -0.4 is 5.32 Å². The molecule has 0 radical (unpaired) electrons. The number of rotatable bonds is 5. The predicted molar refractivity (Wildman–Crippen MR) is 98.3 cm³/mol. The number of amides is 1. The molecule has 1 aromatic heterocycles. The molecule has 0 aliphatic heterocycles. The van der Waals surface area contributed by atoms with Crippen molar-refractivity contribution < 1.29 is 9.72 Å². The highest BCUT2D eigenvalue weighted by atomic mass is 35.5. The van der Waals surface area contributed by atoms with Gasteiger partial charge in [0.1, 0.15) is 5.56 Å². The Balaban J connectivity index is 1.90. The number of hydrogen-bond acceptors (Lipinski definition) is 3. The van der Waals surface area contributed by atoms with Crippen molar-refractivity contribution in [1.29, 1.82) is 0 Å². The summed E-state index contributed by atoms with van der Waals surface area (Å²) in [4.78, 5) is 23.0. The summed E-state index contributed by atoms with van der Waals surface area (Å²) in [7, 11) is 0. The lowest BCUT2D eigenvalue weighted by molar-refractivity contribution is -0.385. The molecule has 0 aliphatic carbocycles. The lowest BCUT2D eigenvalue weighted by Crippen LogP contribution is -2.14. The average Bonchev–Trinajstić information content (AvgIpc) is 2.97. The molecular formula is C18H16ClN3O3. The fourth-order valence-electron chi connectivity index (χ4n) is 2.76. The van der Waals surface area contributed by atoms with Crippen LogP contribution in [0.25, 0.3) is 10.9 Å². The van der Waals surface area contributed by atoms with Crippen LogP contribution in [0.2, 0.25) is 5.02 Å². The molecule has 0 atom stereocenters. The maximum atomic E-state index is 12.5. The van der Waals surface area contributed by atoms with Crippen LogP contribution in [0.5, 0.6) is 0 Å². The summed E-state index contributed by atoms with van der Waals surface area (Å²) in [5.41, 5.74) is 1.30. The molecule has 0 saturated carbocycles. The number of carbonyl (C=O) groups excluding carboxylic acids is 1. The first kappa shape index (κ1) is 17.0. The standard InChI is InChI=1S/C18H16ClN3O3/c1-2-8-21-9-7-12-10-14(4-6-16(12)21)20-18(23)15-11-13(19)3-5-17(15)22(24)25/h3-7,9-11H,2,8H2,1H3,(H,20,23). The second-order valence-electron chi connectivity index (χ2n) is 5.66. The van der Waals surface area contributed by atoms with Gasteiger partial charge in [0.2, 0.25) is 0 Å². The van der Waals surface area contributed by atoms with Crippen molar-refractivity contribution in [3.63, 3.8) is 0 Å². The van der Waals surface area contributed by atoms with Gasteiger partial charge in [0, 0.05) is 40.4 Å². The van der Waals surface area contributed by atoms with Gasteiger partial charge in [-0.1, -0.05) is 18.5 Å². The number of benzene rings is 2. The maximum absolute atomic E-state index is 12.5. The van der Waals surface area contributed by atoms with E-state index in [0.717, 1.165) is 23.9 Å². The summed E-state index contributed by atoms with van der Waals surface area (Å²) in [5.74, 6) is -0.568. The van der Waals surface area contributed by atoms with Gasteiger partial charge in [-0.05, 0) is 42.8 Å². The smallest absolute Gasteiger partial charge is 0.282 e. The van der Waals surface area contributed by atoms with E-state index < -0.39 is 10.8 Å². The van der Waals surface area contributed by atoms with Gasteiger partial charge in [0.25, 0.3) is 11.6 Å². The fraction of sp³-hybridized carbons (Fsp3) is 0.167.